The number of benzene rings is 1. The molecule has 1 aromatic heterocycles. The second kappa shape index (κ2) is 6.75. The van der Waals surface area contributed by atoms with Gasteiger partial charge in [-0.05, 0) is 42.3 Å². The zero-order chi connectivity index (χ0) is 15.4. The molecule has 114 valence electrons. The van der Waals surface area contributed by atoms with Crippen LogP contribution in [0.3, 0.4) is 0 Å². The first kappa shape index (κ1) is 14.8. The number of nitrogens with zero attached hydrogens (tertiary/aromatic N) is 1. The van der Waals surface area contributed by atoms with Crippen molar-refractivity contribution in [3.05, 3.63) is 59.5 Å². The molecule has 1 fully saturated rings. The average molecular weight is 313 g/mol. The van der Waals surface area contributed by atoms with Crippen LogP contribution in [-0.2, 0) is 6.54 Å². The maximum Gasteiger partial charge on any atom is 0.187 e. The van der Waals surface area contributed by atoms with Crippen molar-refractivity contribution in [3.63, 3.8) is 0 Å². The quantitative estimate of drug-likeness (QED) is 0.504. The molecule has 4 nitrogen and oxygen atoms in total. The van der Waals surface area contributed by atoms with Crippen LogP contribution in [0.2, 0.25) is 0 Å². The van der Waals surface area contributed by atoms with E-state index in [1.807, 2.05) is 42.5 Å². The molecule has 0 radical (unpaired) electrons. The van der Waals surface area contributed by atoms with Crippen molar-refractivity contribution in [1.82, 2.24) is 10.7 Å². The number of hydrogen-bond acceptors (Lipinski definition) is 3. The molecule has 22 heavy (non-hydrogen) atoms. The van der Waals surface area contributed by atoms with Gasteiger partial charge in [0.25, 0.3) is 0 Å². The van der Waals surface area contributed by atoms with E-state index >= 15 is 0 Å². The minimum Gasteiger partial charge on any atom is -0.460 e. The summed E-state index contributed by atoms with van der Waals surface area (Å²) in [5, 5.41) is 7.68. The third-order valence-electron chi connectivity index (χ3n) is 3.78. The van der Waals surface area contributed by atoms with E-state index in [4.69, 9.17) is 16.6 Å². The average Bonchev–Trinajstić information content (AvgIpc) is 3.08. The van der Waals surface area contributed by atoms with Crippen LogP contribution in [0.1, 0.15) is 36.3 Å². The smallest absolute Gasteiger partial charge is 0.187 e. The molecule has 3 rings (SSSR count). The van der Waals surface area contributed by atoms with Crippen molar-refractivity contribution in [2.45, 2.75) is 25.8 Å². The van der Waals surface area contributed by atoms with Crippen LogP contribution in [0.4, 0.5) is 0 Å². The Morgan fingerprint density at radius 2 is 2.09 bits per heavy atom. The minimum absolute atomic E-state index is 0.489. The lowest BCUT2D eigenvalue weighted by Gasteiger charge is -2.06. The van der Waals surface area contributed by atoms with Gasteiger partial charge in [-0.25, -0.2) is 0 Å². The fraction of sp³-hybridized carbons (Fsp3) is 0.294. The first-order valence-corrected chi connectivity index (χ1v) is 7.84. The van der Waals surface area contributed by atoms with Crippen LogP contribution in [0.25, 0.3) is 0 Å². The zero-order valence-corrected chi connectivity index (χ0v) is 13.3. The lowest BCUT2D eigenvalue weighted by atomic mass is 10.2. The summed E-state index contributed by atoms with van der Waals surface area (Å²) in [7, 11) is 0. The Labute approximate surface area is 135 Å². The summed E-state index contributed by atoms with van der Waals surface area (Å²) < 4.78 is 5.74. The Bertz CT molecular complexity index is 666. The highest BCUT2D eigenvalue weighted by atomic mass is 32.1. The monoisotopic (exact) mass is 313 g/mol. The van der Waals surface area contributed by atoms with Gasteiger partial charge in [0.2, 0.25) is 0 Å². The lowest BCUT2D eigenvalue weighted by molar-refractivity contribution is 0.500. The number of furan rings is 1. The third kappa shape index (κ3) is 3.95. The van der Waals surface area contributed by atoms with E-state index in [-0.39, 0.29) is 0 Å². The number of hydrazone groups is 1. The summed E-state index contributed by atoms with van der Waals surface area (Å²) >= 11 is 5.17. The number of nitrogens with one attached hydrogen (secondary N) is 2. The molecule has 0 bridgehead atoms. The number of thiocarbonyl (C=S) groups is 1. The molecule has 2 atom stereocenters. The van der Waals surface area contributed by atoms with Crippen LogP contribution < -0.4 is 10.7 Å². The third-order valence-corrected chi connectivity index (χ3v) is 4.01. The van der Waals surface area contributed by atoms with Crippen molar-refractivity contribution in [2.24, 2.45) is 11.0 Å². The maximum absolute atomic E-state index is 5.74. The van der Waals surface area contributed by atoms with Crippen LogP contribution in [0, 0.1) is 5.92 Å². The Morgan fingerprint density at radius 3 is 2.82 bits per heavy atom. The van der Waals surface area contributed by atoms with Gasteiger partial charge in [0, 0.05) is 12.5 Å². The summed E-state index contributed by atoms with van der Waals surface area (Å²) in [5.74, 6) is 3.12. The normalized spacial score (nSPS) is 20.0. The highest BCUT2D eigenvalue weighted by Crippen LogP contribution is 2.47. The fourth-order valence-corrected chi connectivity index (χ4v) is 2.45. The number of hydrogen-bond donors (Lipinski definition) is 2. The van der Waals surface area contributed by atoms with E-state index < -0.39 is 0 Å². The van der Waals surface area contributed by atoms with E-state index in [1.54, 1.807) is 6.21 Å². The molecule has 0 aliphatic heterocycles. The molecule has 0 spiro atoms. The summed E-state index contributed by atoms with van der Waals surface area (Å²) in [6, 6.07) is 14.0. The second-order valence-electron chi connectivity index (χ2n) is 5.60. The summed E-state index contributed by atoms with van der Waals surface area (Å²) in [6.07, 6.45) is 2.86. The molecule has 2 N–H and O–H groups in total. The molecule has 0 amide bonds. The van der Waals surface area contributed by atoms with Crippen molar-refractivity contribution in [2.75, 3.05) is 0 Å². The highest BCUT2D eigenvalue weighted by Gasteiger charge is 2.36. The molecule has 1 aliphatic rings. The van der Waals surface area contributed by atoms with E-state index in [9.17, 15) is 0 Å². The molecule has 0 saturated heterocycles. The Morgan fingerprint density at radius 1 is 1.32 bits per heavy atom. The predicted octanol–water partition coefficient (Wildman–Crippen LogP) is 3.40. The van der Waals surface area contributed by atoms with Crippen LogP contribution >= 0.6 is 12.2 Å². The van der Waals surface area contributed by atoms with Gasteiger partial charge in [0.05, 0.1) is 6.21 Å². The largest absolute Gasteiger partial charge is 0.460 e. The topological polar surface area (TPSA) is 49.6 Å². The Hall–Kier alpha value is -2.14. The van der Waals surface area contributed by atoms with Gasteiger partial charge in [-0.1, -0.05) is 37.3 Å². The predicted molar refractivity (Wildman–Crippen MR) is 91.8 cm³/mol. The van der Waals surface area contributed by atoms with E-state index in [0.29, 0.717) is 17.6 Å². The van der Waals surface area contributed by atoms with E-state index in [1.165, 1.54) is 12.0 Å². The van der Waals surface area contributed by atoms with Crippen molar-refractivity contribution in [1.29, 1.82) is 0 Å². The van der Waals surface area contributed by atoms with Gasteiger partial charge in [0.1, 0.15) is 11.5 Å². The molecular weight excluding hydrogens is 294 g/mol. The van der Waals surface area contributed by atoms with E-state index in [0.717, 1.165) is 17.4 Å². The molecule has 0 unspecified atom stereocenters. The standard InChI is InChI=1S/C17H19N3OS/c1-12-9-15(12)16-8-7-14(21-16)11-19-20-17(22)18-10-13-5-3-2-4-6-13/h2-8,11-12,15H,9-10H2,1H3,(H2,18,20,22)/b19-11-/t12-,15-/m0/s1. The lowest BCUT2D eigenvalue weighted by Crippen LogP contribution is -2.31. The van der Waals surface area contributed by atoms with Gasteiger partial charge in [-0.3, -0.25) is 5.43 Å². The molecular formula is C17H19N3OS. The summed E-state index contributed by atoms with van der Waals surface area (Å²) in [6.45, 7) is 2.91. The van der Waals surface area contributed by atoms with Gasteiger partial charge in [-0.15, -0.1) is 0 Å². The number of rotatable bonds is 5. The Kier molecular flexibility index (Phi) is 4.53. The molecule has 1 heterocycles. The van der Waals surface area contributed by atoms with Gasteiger partial charge < -0.3 is 9.73 Å². The van der Waals surface area contributed by atoms with Crippen LogP contribution in [0.15, 0.2) is 52.0 Å². The van der Waals surface area contributed by atoms with E-state index in [2.05, 4.69) is 22.8 Å². The Balaban J connectivity index is 1.43. The van der Waals surface area contributed by atoms with Gasteiger partial charge in [0.15, 0.2) is 5.11 Å². The first-order chi connectivity index (χ1) is 10.7. The van der Waals surface area contributed by atoms with Crippen molar-refractivity contribution in [3.8, 4) is 0 Å². The maximum atomic E-state index is 5.74. The molecule has 2 aromatic rings. The second-order valence-corrected chi connectivity index (χ2v) is 6.01. The van der Waals surface area contributed by atoms with Gasteiger partial charge >= 0.3 is 0 Å². The fourth-order valence-electron chi connectivity index (χ4n) is 2.33. The molecule has 5 heteroatoms. The SMILES string of the molecule is C[C@H]1C[C@@H]1c1ccc(/C=N\NC(=S)NCc2ccccc2)o1. The summed E-state index contributed by atoms with van der Waals surface area (Å²) in [4.78, 5) is 0. The highest BCUT2D eigenvalue weighted by molar-refractivity contribution is 7.80. The summed E-state index contributed by atoms with van der Waals surface area (Å²) in [5.41, 5.74) is 3.97. The van der Waals surface area contributed by atoms with Crippen molar-refractivity contribution >= 4 is 23.5 Å². The van der Waals surface area contributed by atoms with Crippen LogP contribution in [0.5, 0.6) is 0 Å². The zero-order valence-electron chi connectivity index (χ0n) is 12.5. The first-order valence-electron chi connectivity index (χ1n) is 7.43. The molecule has 1 aromatic carbocycles. The van der Waals surface area contributed by atoms with Crippen molar-refractivity contribution < 1.29 is 4.42 Å². The van der Waals surface area contributed by atoms with Crippen LogP contribution in [-0.4, -0.2) is 11.3 Å². The molecule has 1 aliphatic carbocycles. The minimum atomic E-state index is 0.489. The van der Waals surface area contributed by atoms with Gasteiger partial charge in [-0.2, -0.15) is 5.10 Å². The molecule has 1 saturated carbocycles.